The van der Waals surface area contributed by atoms with Crippen LogP contribution in [0, 0.1) is 0 Å². The van der Waals surface area contributed by atoms with Crippen LogP contribution in [-0.2, 0) is 0 Å². The van der Waals surface area contributed by atoms with Crippen molar-refractivity contribution in [3.8, 4) is 0 Å². The topological polar surface area (TPSA) is 109 Å². The summed E-state index contributed by atoms with van der Waals surface area (Å²) < 4.78 is -2.31. The molecule has 0 bridgehead atoms. The third-order valence-electron chi connectivity index (χ3n) is 1.46. The molecule has 0 aliphatic heterocycles. The SMILES string of the molecule is Nc1[nH]c(=O)[nH]c(=O)c1C(=O)C(Cl)(Cl)Cl. The molecule has 1 aromatic rings. The van der Waals surface area contributed by atoms with Gasteiger partial charge in [0, 0.05) is 0 Å². The van der Waals surface area contributed by atoms with Crippen LogP contribution >= 0.6 is 34.8 Å². The fraction of sp³-hybridized carbons (Fsp3) is 0.167. The molecule has 1 aromatic heterocycles. The summed E-state index contributed by atoms with van der Waals surface area (Å²) >= 11 is 15.8. The Balaban J connectivity index is 3.47. The monoisotopic (exact) mass is 271 g/mol. The summed E-state index contributed by atoms with van der Waals surface area (Å²) in [6, 6.07) is 0. The molecule has 15 heavy (non-hydrogen) atoms. The summed E-state index contributed by atoms with van der Waals surface area (Å²) in [4.78, 5) is 37.1. The lowest BCUT2D eigenvalue weighted by Crippen LogP contribution is -2.34. The number of hydrogen-bond donors (Lipinski definition) is 3. The van der Waals surface area contributed by atoms with Gasteiger partial charge in [0.25, 0.3) is 9.35 Å². The van der Waals surface area contributed by atoms with Crippen molar-refractivity contribution < 1.29 is 4.79 Å². The molecule has 1 rings (SSSR count). The molecule has 0 radical (unpaired) electrons. The Hall–Kier alpha value is -0.980. The van der Waals surface area contributed by atoms with Crippen LogP contribution in [0.1, 0.15) is 10.4 Å². The fourth-order valence-corrected chi connectivity index (χ4v) is 1.15. The number of nitrogens with two attached hydrogens (primary N) is 1. The molecule has 0 saturated heterocycles. The minimum absolute atomic E-state index is 0.444. The second-order valence-electron chi connectivity index (χ2n) is 2.52. The second-order valence-corrected chi connectivity index (χ2v) is 4.81. The molecule has 1 heterocycles. The maximum Gasteiger partial charge on any atom is 0.327 e. The van der Waals surface area contributed by atoms with Gasteiger partial charge >= 0.3 is 5.69 Å². The fourth-order valence-electron chi connectivity index (χ4n) is 0.871. The molecule has 0 unspecified atom stereocenters. The van der Waals surface area contributed by atoms with Gasteiger partial charge in [-0.05, 0) is 0 Å². The van der Waals surface area contributed by atoms with Gasteiger partial charge in [0.15, 0.2) is 0 Å². The number of aromatic nitrogens is 2. The third kappa shape index (κ3) is 2.53. The zero-order valence-corrected chi connectivity index (χ0v) is 9.20. The van der Waals surface area contributed by atoms with Crippen molar-refractivity contribution in [1.82, 2.24) is 9.97 Å². The van der Waals surface area contributed by atoms with E-state index >= 15 is 0 Å². The van der Waals surface area contributed by atoms with E-state index in [2.05, 4.69) is 0 Å². The number of rotatable bonds is 1. The molecule has 4 N–H and O–H groups in total. The molecule has 0 saturated carbocycles. The minimum Gasteiger partial charge on any atom is -0.384 e. The summed E-state index contributed by atoms with van der Waals surface area (Å²) in [6.45, 7) is 0. The zero-order valence-electron chi connectivity index (χ0n) is 6.94. The van der Waals surface area contributed by atoms with Crippen molar-refractivity contribution in [1.29, 1.82) is 0 Å². The van der Waals surface area contributed by atoms with Gasteiger partial charge in [-0.25, -0.2) is 4.79 Å². The summed E-state index contributed by atoms with van der Waals surface area (Å²) in [7, 11) is 0. The number of carbonyl (C=O) groups excluding carboxylic acids is 1. The first kappa shape index (κ1) is 12.1. The number of nitrogen functional groups attached to an aromatic ring is 1. The van der Waals surface area contributed by atoms with Gasteiger partial charge < -0.3 is 5.73 Å². The number of aromatic amines is 2. The molecule has 0 aromatic carbocycles. The summed E-state index contributed by atoms with van der Waals surface area (Å²) in [6.07, 6.45) is 0. The lowest BCUT2D eigenvalue weighted by Gasteiger charge is -2.09. The molecule has 9 heteroatoms. The van der Waals surface area contributed by atoms with Crippen molar-refractivity contribution in [2.45, 2.75) is 3.79 Å². The van der Waals surface area contributed by atoms with Crippen LogP contribution in [-0.4, -0.2) is 19.5 Å². The van der Waals surface area contributed by atoms with E-state index in [0.29, 0.717) is 0 Å². The number of halogens is 3. The average Bonchev–Trinajstić information content (AvgIpc) is 1.99. The second kappa shape index (κ2) is 3.88. The standard InChI is InChI=1S/C6H4Cl3N3O3/c7-6(8,9)2(13)1-3(10)11-5(15)12-4(1)14/h(H4,10,11,12,14,15). The lowest BCUT2D eigenvalue weighted by atomic mass is 10.2. The Morgan fingerprint density at radius 2 is 1.73 bits per heavy atom. The van der Waals surface area contributed by atoms with Crippen molar-refractivity contribution in [2.24, 2.45) is 0 Å². The van der Waals surface area contributed by atoms with Gasteiger partial charge in [-0.1, -0.05) is 34.8 Å². The van der Waals surface area contributed by atoms with Crippen LogP contribution in [0.5, 0.6) is 0 Å². The molecule has 82 valence electrons. The van der Waals surface area contributed by atoms with Crippen molar-refractivity contribution in [3.05, 3.63) is 26.4 Å². The molecule has 0 aliphatic rings. The van der Waals surface area contributed by atoms with E-state index in [0.717, 1.165) is 0 Å². The molecule has 0 atom stereocenters. The van der Waals surface area contributed by atoms with E-state index in [1.807, 2.05) is 4.98 Å². The molecule has 0 aliphatic carbocycles. The number of ketones is 1. The predicted octanol–water partition coefficient (Wildman–Crippen LogP) is 0.198. The molecule has 0 amide bonds. The maximum atomic E-state index is 11.4. The Morgan fingerprint density at radius 3 is 2.13 bits per heavy atom. The number of carbonyl (C=O) groups is 1. The highest BCUT2D eigenvalue weighted by molar-refractivity contribution is 6.77. The smallest absolute Gasteiger partial charge is 0.327 e. The highest BCUT2D eigenvalue weighted by atomic mass is 35.6. The molecular formula is C6H4Cl3N3O3. The molecule has 0 fully saturated rings. The van der Waals surface area contributed by atoms with E-state index in [1.54, 1.807) is 4.98 Å². The van der Waals surface area contributed by atoms with Gasteiger partial charge in [-0.2, -0.15) is 0 Å². The third-order valence-corrected chi connectivity index (χ3v) is 1.97. The number of Topliss-reactive ketones (excluding diaryl/α,β-unsaturated/α-hetero) is 1. The van der Waals surface area contributed by atoms with Crippen LogP contribution in [0.2, 0.25) is 0 Å². The Kier molecular flexibility index (Phi) is 3.13. The normalized spacial score (nSPS) is 11.4. The van der Waals surface area contributed by atoms with Gasteiger partial charge in [0.1, 0.15) is 11.4 Å². The van der Waals surface area contributed by atoms with Crippen LogP contribution in [0.25, 0.3) is 0 Å². The Morgan fingerprint density at radius 1 is 1.20 bits per heavy atom. The number of hydrogen-bond acceptors (Lipinski definition) is 4. The van der Waals surface area contributed by atoms with Gasteiger partial charge in [-0.3, -0.25) is 19.6 Å². The molecule has 6 nitrogen and oxygen atoms in total. The molecule has 0 spiro atoms. The first-order chi connectivity index (χ1) is 6.73. The van der Waals surface area contributed by atoms with Gasteiger partial charge in [0.05, 0.1) is 0 Å². The first-order valence-corrected chi connectivity index (χ1v) is 4.60. The predicted molar refractivity (Wildman–Crippen MR) is 56.7 cm³/mol. The lowest BCUT2D eigenvalue weighted by molar-refractivity contribution is 0.0995. The van der Waals surface area contributed by atoms with Crippen LogP contribution in [0.3, 0.4) is 0 Å². The zero-order chi connectivity index (χ0) is 11.8. The summed E-state index contributed by atoms with van der Waals surface area (Å²) in [5, 5.41) is 0. The first-order valence-electron chi connectivity index (χ1n) is 3.47. The average molecular weight is 272 g/mol. The highest BCUT2D eigenvalue weighted by Crippen LogP contribution is 2.30. The van der Waals surface area contributed by atoms with E-state index in [-0.39, 0.29) is 0 Å². The summed E-state index contributed by atoms with van der Waals surface area (Å²) in [5.41, 5.74) is 2.80. The van der Waals surface area contributed by atoms with Crippen molar-refractivity contribution in [2.75, 3.05) is 5.73 Å². The largest absolute Gasteiger partial charge is 0.384 e. The van der Waals surface area contributed by atoms with Crippen molar-refractivity contribution in [3.63, 3.8) is 0 Å². The van der Waals surface area contributed by atoms with Crippen LogP contribution < -0.4 is 17.0 Å². The van der Waals surface area contributed by atoms with E-state index in [9.17, 15) is 14.4 Å². The number of anilines is 1. The number of H-pyrrole nitrogens is 2. The van der Waals surface area contributed by atoms with E-state index < -0.39 is 32.2 Å². The van der Waals surface area contributed by atoms with Crippen LogP contribution in [0.4, 0.5) is 5.82 Å². The molecular weight excluding hydrogens is 268 g/mol. The van der Waals surface area contributed by atoms with Gasteiger partial charge in [-0.15, -0.1) is 0 Å². The Bertz CT molecular complexity index is 513. The number of nitrogens with one attached hydrogen (secondary N) is 2. The van der Waals surface area contributed by atoms with Crippen molar-refractivity contribution >= 4 is 46.4 Å². The van der Waals surface area contributed by atoms with E-state index in [1.165, 1.54) is 0 Å². The highest BCUT2D eigenvalue weighted by Gasteiger charge is 2.35. The maximum absolute atomic E-state index is 11.4. The van der Waals surface area contributed by atoms with E-state index in [4.69, 9.17) is 40.5 Å². The van der Waals surface area contributed by atoms with Crippen LogP contribution in [0.15, 0.2) is 9.59 Å². The summed E-state index contributed by atoms with van der Waals surface area (Å²) in [5.74, 6) is -1.55. The minimum atomic E-state index is -2.31. The Labute approximate surface area is 97.3 Å². The quantitative estimate of drug-likeness (QED) is 0.501. The van der Waals surface area contributed by atoms with Gasteiger partial charge in [0.2, 0.25) is 5.78 Å². The number of alkyl halides is 3.